The molecule has 2 aromatic rings. The molecule has 50 heavy (non-hydrogen) atoms. The molecular formula is C37H53N5O8. The number of amides is 5. The average Bonchev–Trinajstić information content (AvgIpc) is 3.58. The first kappa shape index (κ1) is 37.0. The Kier molecular flexibility index (Phi) is 13.1. The number of rotatable bonds is 7. The summed E-state index contributed by atoms with van der Waals surface area (Å²) in [6.45, 7) is 6.63. The van der Waals surface area contributed by atoms with Crippen LogP contribution >= 0.6 is 0 Å². The minimum atomic E-state index is -0.526. The van der Waals surface area contributed by atoms with Crippen molar-refractivity contribution >= 4 is 29.3 Å². The van der Waals surface area contributed by atoms with Crippen molar-refractivity contribution in [2.75, 3.05) is 50.8 Å². The fraction of sp³-hybridized carbons (Fsp3) is 0.595. The van der Waals surface area contributed by atoms with Gasteiger partial charge in [0.25, 0.3) is 5.91 Å². The highest BCUT2D eigenvalue weighted by atomic mass is 16.7. The predicted molar refractivity (Wildman–Crippen MR) is 190 cm³/mol. The van der Waals surface area contributed by atoms with Gasteiger partial charge in [0.1, 0.15) is 5.75 Å². The van der Waals surface area contributed by atoms with Crippen LogP contribution in [0.3, 0.4) is 0 Å². The number of benzene rings is 2. The highest BCUT2D eigenvalue weighted by Crippen LogP contribution is 2.34. The fourth-order valence-electron chi connectivity index (χ4n) is 6.61. The van der Waals surface area contributed by atoms with Crippen LogP contribution in [0.2, 0.25) is 0 Å². The predicted octanol–water partition coefficient (Wildman–Crippen LogP) is 5.83. The summed E-state index contributed by atoms with van der Waals surface area (Å²) in [5.41, 5.74) is 1.35. The number of hydrogen-bond donors (Lipinski definition) is 4. The highest BCUT2D eigenvalue weighted by Gasteiger charge is 2.31. The Bertz CT molecular complexity index is 1470. The van der Waals surface area contributed by atoms with Crippen molar-refractivity contribution in [2.24, 2.45) is 5.92 Å². The van der Waals surface area contributed by atoms with Gasteiger partial charge in [0, 0.05) is 56.1 Å². The lowest BCUT2D eigenvalue weighted by molar-refractivity contribution is -0.0115. The molecule has 13 heteroatoms. The lowest BCUT2D eigenvalue weighted by atomic mass is 9.96. The molecule has 0 spiro atoms. The number of anilines is 2. The second-order valence-electron chi connectivity index (χ2n) is 13.8. The van der Waals surface area contributed by atoms with Crippen LogP contribution in [0.15, 0.2) is 36.4 Å². The van der Waals surface area contributed by atoms with Crippen LogP contribution in [-0.4, -0.2) is 97.3 Å². The molecule has 3 aliphatic rings. The Morgan fingerprint density at radius 2 is 1.64 bits per heavy atom. The van der Waals surface area contributed by atoms with Crippen molar-refractivity contribution < 1.29 is 38.4 Å². The van der Waals surface area contributed by atoms with Crippen LogP contribution < -0.4 is 30.2 Å². The number of likely N-dealkylation sites (N-methyl/N-ethyl adjacent to an activating group) is 1. The zero-order valence-corrected chi connectivity index (χ0v) is 29.7. The van der Waals surface area contributed by atoms with E-state index in [0.717, 1.165) is 44.9 Å². The molecule has 4 atom stereocenters. The van der Waals surface area contributed by atoms with Gasteiger partial charge in [0.2, 0.25) is 6.79 Å². The fourth-order valence-corrected chi connectivity index (χ4v) is 6.61. The normalized spacial score (nSPS) is 22.4. The zero-order valence-electron chi connectivity index (χ0n) is 29.7. The molecule has 2 aromatic carbocycles. The molecule has 0 saturated heterocycles. The van der Waals surface area contributed by atoms with Gasteiger partial charge >= 0.3 is 12.1 Å². The van der Waals surface area contributed by atoms with E-state index in [9.17, 15) is 19.5 Å². The summed E-state index contributed by atoms with van der Waals surface area (Å²) in [4.78, 5) is 43.8. The molecule has 5 rings (SSSR count). The Morgan fingerprint density at radius 3 is 2.40 bits per heavy atom. The molecule has 2 heterocycles. The molecule has 0 radical (unpaired) electrons. The number of carbonyl (C=O) groups excluding carboxylic acids is 3. The van der Waals surface area contributed by atoms with Crippen LogP contribution in [0, 0.1) is 5.92 Å². The monoisotopic (exact) mass is 695 g/mol. The summed E-state index contributed by atoms with van der Waals surface area (Å²) in [6, 6.07) is 9.36. The van der Waals surface area contributed by atoms with E-state index in [0.29, 0.717) is 40.8 Å². The lowest BCUT2D eigenvalue weighted by Crippen LogP contribution is -2.48. The second-order valence-corrected chi connectivity index (χ2v) is 13.8. The Hall–Kier alpha value is -4.23. The first-order valence-electron chi connectivity index (χ1n) is 17.9. The van der Waals surface area contributed by atoms with E-state index in [1.807, 2.05) is 13.8 Å². The maximum absolute atomic E-state index is 14.4. The van der Waals surface area contributed by atoms with E-state index >= 15 is 0 Å². The number of aliphatic hydroxyl groups excluding tert-OH is 1. The van der Waals surface area contributed by atoms with Crippen molar-refractivity contribution in [2.45, 2.75) is 96.4 Å². The van der Waals surface area contributed by atoms with E-state index < -0.39 is 12.1 Å². The highest BCUT2D eigenvalue weighted by molar-refractivity contribution is 5.99. The van der Waals surface area contributed by atoms with Crippen molar-refractivity contribution in [3.05, 3.63) is 42.0 Å². The topological polar surface area (TPSA) is 151 Å². The standard InChI is InChI=1S/C37H53N5O8/c1-24-20-42(25(2)22-43)35(44)30-18-28(39-36(45)38-27-11-6-5-7-12-27)13-15-31(30)50-26(3)10-8-9-17-47-34(24)21-41(4)37(46)40-29-14-16-32-33(19-29)49-23-48-32/h13-16,18-19,24-27,34,43H,5-12,17,20-23H2,1-4H3,(H,40,46)(H2,38,39,45)/t24-,25+,26+,34-/m1/s1. The van der Waals surface area contributed by atoms with Crippen LogP contribution in [0.1, 0.15) is 82.5 Å². The van der Waals surface area contributed by atoms with Gasteiger partial charge in [0.05, 0.1) is 30.4 Å². The van der Waals surface area contributed by atoms with Gasteiger partial charge < -0.3 is 49.8 Å². The average molecular weight is 696 g/mol. The number of nitrogens with zero attached hydrogens (tertiary/aromatic N) is 2. The van der Waals surface area contributed by atoms with Gasteiger partial charge in [-0.2, -0.15) is 0 Å². The van der Waals surface area contributed by atoms with E-state index in [4.69, 9.17) is 18.9 Å². The summed E-state index contributed by atoms with van der Waals surface area (Å²) in [7, 11) is 1.71. The molecule has 4 N–H and O–H groups in total. The van der Waals surface area contributed by atoms with Crippen molar-refractivity contribution in [3.63, 3.8) is 0 Å². The first-order chi connectivity index (χ1) is 24.1. The maximum Gasteiger partial charge on any atom is 0.321 e. The first-order valence-corrected chi connectivity index (χ1v) is 17.9. The minimum absolute atomic E-state index is 0.137. The van der Waals surface area contributed by atoms with Gasteiger partial charge in [-0.1, -0.05) is 26.2 Å². The molecule has 0 bridgehead atoms. The summed E-state index contributed by atoms with van der Waals surface area (Å²) in [5, 5.41) is 19.1. The number of carbonyl (C=O) groups is 3. The summed E-state index contributed by atoms with van der Waals surface area (Å²) >= 11 is 0. The molecule has 1 fully saturated rings. The zero-order chi connectivity index (χ0) is 35.6. The lowest BCUT2D eigenvalue weighted by Gasteiger charge is -2.35. The third-order valence-electron chi connectivity index (χ3n) is 9.67. The maximum atomic E-state index is 14.4. The van der Waals surface area contributed by atoms with Crippen LogP contribution in [0.4, 0.5) is 21.0 Å². The molecule has 274 valence electrons. The minimum Gasteiger partial charge on any atom is -0.490 e. The molecule has 0 aromatic heterocycles. The Balaban J connectivity index is 1.33. The van der Waals surface area contributed by atoms with Gasteiger partial charge in [-0.3, -0.25) is 4.79 Å². The third kappa shape index (κ3) is 9.94. The van der Waals surface area contributed by atoms with Crippen LogP contribution in [-0.2, 0) is 4.74 Å². The number of ether oxygens (including phenoxy) is 4. The second kappa shape index (κ2) is 17.6. The van der Waals surface area contributed by atoms with Crippen LogP contribution in [0.25, 0.3) is 0 Å². The summed E-state index contributed by atoms with van der Waals surface area (Å²) in [6.07, 6.45) is 7.11. The molecule has 5 amide bonds. The smallest absolute Gasteiger partial charge is 0.321 e. The van der Waals surface area contributed by atoms with Crippen LogP contribution in [0.5, 0.6) is 17.2 Å². The molecule has 13 nitrogen and oxygen atoms in total. The van der Waals surface area contributed by atoms with Crippen molar-refractivity contribution in [3.8, 4) is 17.2 Å². The van der Waals surface area contributed by atoms with Crippen molar-refractivity contribution in [1.82, 2.24) is 15.1 Å². The van der Waals surface area contributed by atoms with E-state index in [1.165, 1.54) is 6.42 Å². The molecule has 2 aliphatic heterocycles. The number of fused-ring (bicyclic) bond motifs is 2. The molecule has 1 aliphatic carbocycles. The quantitative estimate of drug-likeness (QED) is 0.283. The number of nitrogens with one attached hydrogen (secondary N) is 3. The van der Waals surface area contributed by atoms with E-state index in [2.05, 4.69) is 16.0 Å². The SMILES string of the molecule is C[C@@H]1CN([C@@H](C)CO)C(=O)c2cc(NC(=O)NC3CCCCC3)ccc2O[C@@H](C)CCCCO[C@@H]1CN(C)C(=O)Nc1ccc2c(c1)OCO2. The van der Waals surface area contributed by atoms with Gasteiger partial charge in [-0.05, 0) is 76.3 Å². The molecule has 0 unspecified atom stereocenters. The Morgan fingerprint density at radius 1 is 0.940 bits per heavy atom. The molecule has 1 saturated carbocycles. The van der Waals surface area contributed by atoms with Gasteiger partial charge in [-0.25, -0.2) is 9.59 Å². The van der Waals surface area contributed by atoms with E-state index in [1.54, 1.807) is 60.2 Å². The van der Waals surface area contributed by atoms with Gasteiger partial charge in [0.15, 0.2) is 11.5 Å². The molecular weight excluding hydrogens is 642 g/mol. The number of urea groups is 2. The largest absolute Gasteiger partial charge is 0.490 e. The van der Waals surface area contributed by atoms with Gasteiger partial charge in [-0.15, -0.1) is 0 Å². The summed E-state index contributed by atoms with van der Waals surface area (Å²) in [5.74, 6) is 1.08. The summed E-state index contributed by atoms with van der Waals surface area (Å²) < 4.78 is 23.5. The van der Waals surface area contributed by atoms with E-state index in [-0.39, 0.29) is 62.5 Å². The number of aliphatic hydroxyl groups is 1. The Labute approximate surface area is 294 Å². The third-order valence-corrected chi connectivity index (χ3v) is 9.67. The number of hydrogen-bond acceptors (Lipinski definition) is 8. The van der Waals surface area contributed by atoms with Crippen molar-refractivity contribution in [1.29, 1.82) is 0 Å².